The Morgan fingerprint density at radius 2 is 1.66 bits per heavy atom. The van der Waals surface area contributed by atoms with E-state index in [1.54, 1.807) is 28.8 Å². The van der Waals surface area contributed by atoms with E-state index >= 15 is 0 Å². The monoisotopic (exact) mass is 440 g/mol. The van der Waals surface area contributed by atoms with Crippen molar-refractivity contribution in [3.63, 3.8) is 0 Å². The molecule has 0 saturated carbocycles. The summed E-state index contributed by atoms with van der Waals surface area (Å²) >= 11 is 1.80. The Balaban J connectivity index is 1.63. The van der Waals surface area contributed by atoms with Crippen LogP contribution in [0.2, 0.25) is 0 Å². The summed E-state index contributed by atoms with van der Waals surface area (Å²) in [4.78, 5) is 14.0. The second-order valence-electron chi connectivity index (χ2n) is 6.61. The number of carbonyl (C=O) groups is 1. The highest BCUT2D eigenvalue weighted by Gasteiger charge is 2.31. The molecule has 0 atom stereocenters. The van der Waals surface area contributed by atoms with Crippen LogP contribution in [0.5, 0.6) is 0 Å². The van der Waals surface area contributed by atoms with Gasteiger partial charge in [0.1, 0.15) is 0 Å². The van der Waals surface area contributed by atoms with Crippen LogP contribution in [-0.2, 0) is 15.8 Å². The lowest BCUT2D eigenvalue weighted by molar-refractivity contribution is 0.0698. The minimum Gasteiger partial charge on any atom is -0.336 e. The van der Waals surface area contributed by atoms with E-state index in [-0.39, 0.29) is 37.0 Å². The molecule has 5 nitrogen and oxygen atoms in total. The Bertz CT molecular complexity index is 974. The molecule has 2 aromatic carbocycles. The molecule has 0 unspecified atom stereocenters. The molecule has 1 aliphatic rings. The molecular weight excluding hydrogens is 418 g/mol. The topological polar surface area (TPSA) is 57.7 Å². The highest BCUT2D eigenvalue weighted by Crippen LogP contribution is 2.21. The number of sulfonamides is 1. The zero-order chi connectivity index (χ0) is 21.0. The van der Waals surface area contributed by atoms with Crippen molar-refractivity contribution < 1.29 is 22.0 Å². The van der Waals surface area contributed by atoms with Gasteiger partial charge in [0.25, 0.3) is 5.91 Å². The summed E-state index contributed by atoms with van der Waals surface area (Å²) in [6, 6.07) is 9.96. The quantitative estimate of drug-likeness (QED) is 0.691. The molecule has 1 saturated heterocycles. The molecular formula is C20H22F2N2O3S2. The molecule has 2 aromatic rings. The minimum absolute atomic E-state index is 0.0955. The molecule has 9 heteroatoms. The normalized spacial score (nSPS) is 15.5. The summed E-state index contributed by atoms with van der Waals surface area (Å²) in [5, 5.41) is 0. The number of amides is 1. The van der Waals surface area contributed by atoms with Crippen LogP contribution in [0, 0.1) is 11.6 Å². The molecule has 0 aromatic heterocycles. The number of carbonyl (C=O) groups excluding carboxylic acids is 1. The van der Waals surface area contributed by atoms with Crippen LogP contribution in [0.15, 0.2) is 47.4 Å². The van der Waals surface area contributed by atoms with E-state index in [0.717, 1.165) is 29.2 Å². The number of rotatable bonds is 6. The van der Waals surface area contributed by atoms with Crippen molar-refractivity contribution in [2.45, 2.75) is 17.6 Å². The first-order chi connectivity index (χ1) is 13.8. The Labute approximate surface area is 173 Å². The largest absolute Gasteiger partial charge is 0.336 e. The fourth-order valence-electron chi connectivity index (χ4n) is 3.06. The summed E-state index contributed by atoms with van der Waals surface area (Å²) in [6.45, 7) is 2.75. The molecule has 1 aliphatic heterocycles. The summed E-state index contributed by atoms with van der Waals surface area (Å²) in [7, 11) is -3.94. The smallest absolute Gasteiger partial charge is 0.253 e. The fourth-order valence-corrected chi connectivity index (χ4v) is 5.13. The SMILES string of the molecule is CCSCc1ccc(C(=O)N2CCN(S(=O)(=O)c3ccc(F)c(F)c3)CC2)cc1. The average Bonchev–Trinajstić information content (AvgIpc) is 2.74. The average molecular weight is 441 g/mol. The molecule has 1 heterocycles. The Morgan fingerprint density at radius 3 is 2.24 bits per heavy atom. The molecule has 0 radical (unpaired) electrons. The standard InChI is InChI=1S/C20H22F2N2O3S2/c1-2-28-14-15-3-5-16(6-4-15)20(25)23-9-11-24(12-10-23)29(26,27)17-7-8-18(21)19(22)13-17/h3-8,13H,2,9-12,14H2,1H3. The Kier molecular flexibility index (Phi) is 6.92. The summed E-state index contributed by atoms with van der Waals surface area (Å²) < 4.78 is 53.0. The van der Waals surface area contributed by atoms with E-state index in [1.807, 2.05) is 12.1 Å². The number of benzene rings is 2. The second-order valence-corrected chi connectivity index (χ2v) is 9.82. The van der Waals surface area contributed by atoms with Crippen molar-refractivity contribution in [1.29, 1.82) is 0 Å². The van der Waals surface area contributed by atoms with Crippen molar-refractivity contribution in [3.8, 4) is 0 Å². The van der Waals surface area contributed by atoms with Gasteiger partial charge in [-0.3, -0.25) is 4.79 Å². The Morgan fingerprint density at radius 1 is 1.00 bits per heavy atom. The number of hydrogen-bond donors (Lipinski definition) is 0. The van der Waals surface area contributed by atoms with Crippen molar-refractivity contribution in [3.05, 3.63) is 65.2 Å². The maximum absolute atomic E-state index is 13.4. The minimum atomic E-state index is -3.94. The van der Waals surface area contributed by atoms with Gasteiger partial charge in [-0.15, -0.1) is 0 Å². The maximum Gasteiger partial charge on any atom is 0.253 e. The third kappa shape index (κ3) is 4.96. The van der Waals surface area contributed by atoms with Crippen molar-refractivity contribution >= 4 is 27.7 Å². The lowest BCUT2D eigenvalue weighted by atomic mass is 10.1. The van der Waals surface area contributed by atoms with E-state index in [9.17, 15) is 22.0 Å². The van der Waals surface area contributed by atoms with Crippen molar-refractivity contribution in [2.75, 3.05) is 31.9 Å². The van der Waals surface area contributed by atoms with Crippen LogP contribution in [-0.4, -0.2) is 55.5 Å². The summed E-state index contributed by atoms with van der Waals surface area (Å²) in [5.74, 6) is -0.534. The van der Waals surface area contributed by atoms with Gasteiger partial charge in [0.15, 0.2) is 11.6 Å². The Hall–Kier alpha value is -1.97. The molecule has 1 amide bonds. The van der Waals surface area contributed by atoms with Crippen LogP contribution in [0.25, 0.3) is 0 Å². The van der Waals surface area contributed by atoms with Gasteiger partial charge < -0.3 is 4.90 Å². The molecule has 0 aliphatic carbocycles. The van der Waals surface area contributed by atoms with E-state index in [2.05, 4.69) is 6.92 Å². The highest BCUT2D eigenvalue weighted by molar-refractivity contribution is 7.98. The number of piperazine rings is 1. The number of halogens is 2. The molecule has 0 N–H and O–H groups in total. The van der Waals surface area contributed by atoms with Gasteiger partial charge in [-0.2, -0.15) is 16.1 Å². The fraction of sp³-hybridized carbons (Fsp3) is 0.350. The molecule has 0 bridgehead atoms. The molecule has 156 valence electrons. The lowest BCUT2D eigenvalue weighted by Gasteiger charge is -2.34. The van der Waals surface area contributed by atoms with Gasteiger partial charge in [-0.05, 0) is 41.6 Å². The molecule has 0 spiro atoms. The number of hydrogen-bond acceptors (Lipinski definition) is 4. The summed E-state index contributed by atoms with van der Waals surface area (Å²) in [5.41, 5.74) is 1.71. The van der Waals surface area contributed by atoms with Gasteiger partial charge in [0, 0.05) is 37.5 Å². The van der Waals surface area contributed by atoms with Crippen LogP contribution in [0.1, 0.15) is 22.8 Å². The first-order valence-corrected chi connectivity index (χ1v) is 11.8. The zero-order valence-corrected chi connectivity index (χ0v) is 17.6. The van der Waals surface area contributed by atoms with E-state index in [0.29, 0.717) is 11.6 Å². The molecule has 1 fully saturated rings. The predicted molar refractivity (Wildman–Crippen MR) is 109 cm³/mol. The third-order valence-electron chi connectivity index (χ3n) is 4.73. The molecule has 29 heavy (non-hydrogen) atoms. The van der Waals surface area contributed by atoms with Gasteiger partial charge in [0.05, 0.1) is 4.90 Å². The first-order valence-electron chi connectivity index (χ1n) is 9.24. The summed E-state index contributed by atoms with van der Waals surface area (Å²) in [6.07, 6.45) is 0. The highest BCUT2D eigenvalue weighted by atomic mass is 32.2. The third-order valence-corrected chi connectivity index (χ3v) is 7.57. The van der Waals surface area contributed by atoms with E-state index < -0.39 is 21.7 Å². The van der Waals surface area contributed by atoms with Crippen molar-refractivity contribution in [2.24, 2.45) is 0 Å². The number of nitrogens with zero attached hydrogens (tertiary/aromatic N) is 2. The van der Waals surface area contributed by atoms with Gasteiger partial charge >= 0.3 is 0 Å². The molecule has 3 rings (SSSR count). The second kappa shape index (κ2) is 9.23. The van der Waals surface area contributed by atoms with Gasteiger partial charge in [-0.25, -0.2) is 17.2 Å². The van der Waals surface area contributed by atoms with Crippen molar-refractivity contribution in [1.82, 2.24) is 9.21 Å². The number of thioether (sulfide) groups is 1. The lowest BCUT2D eigenvalue weighted by Crippen LogP contribution is -2.50. The first kappa shape index (κ1) is 21.7. The maximum atomic E-state index is 13.4. The van der Waals surface area contributed by atoms with Crippen LogP contribution in [0.3, 0.4) is 0 Å². The van der Waals surface area contributed by atoms with Gasteiger partial charge in [-0.1, -0.05) is 19.1 Å². The van der Waals surface area contributed by atoms with Crippen LogP contribution >= 0.6 is 11.8 Å². The van der Waals surface area contributed by atoms with Gasteiger partial charge in [0.2, 0.25) is 10.0 Å². The van der Waals surface area contributed by atoms with Crippen LogP contribution < -0.4 is 0 Å². The zero-order valence-electron chi connectivity index (χ0n) is 16.0. The van der Waals surface area contributed by atoms with E-state index in [1.165, 1.54) is 4.31 Å². The van der Waals surface area contributed by atoms with E-state index in [4.69, 9.17) is 0 Å². The van der Waals surface area contributed by atoms with Crippen LogP contribution in [0.4, 0.5) is 8.78 Å². The predicted octanol–water partition coefficient (Wildman–Crippen LogP) is 3.36.